The zero-order valence-electron chi connectivity index (χ0n) is 13.8. The van der Waals surface area contributed by atoms with Gasteiger partial charge in [-0.2, -0.15) is 0 Å². The number of nitrogens with one attached hydrogen (secondary N) is 1. The van der Waals surface area contributed by atoms with E-state index in [1.54, 1.807) is 0 Å². The van der Waals surface area contributed by atoms with Gasteiger partial charge in [-0.3, -0.25) is 14.4 Å². The normalized spacial score (nSPS) is 14.1. The van der Waals surface area contributed by atoms with Crippen molar-refractivity contribution >= 4 is 23.8 Å². The smallest absolute Gasteiger partial charge is 0.328 e. The average Bonchev–Trinajstić information content (AvgIpc) is 2.46. The average molecular weight is 332 g/mol. The van der Waals surface area contributed by atoms with Gasteiger partial charge < -0.3 is 25.3 Å². The molecule has 132 valence electrons. The maximum Gasteiger partial charge on any atom is 0.328 e. The number of methoxy groups -OCH3 is 1. The van der Waals surface area contributed by atoms with Crippen LogP contribution in [0.2, 0.25) is 0 Å². The Morgan fingerprint density at radius 3 is 2.13 bits per heavy atom. The minimum Gasteiger partial charge on any atom is -0.467 e. The van der Waals surface area contributed by atoms with Gasteiger partial charge in [0.05, 0.1) is 7.11 Å². The Morgan fingerprint density at radius 1 is 1.13 bits per heavy atom. The Kier molecular flexibility index (Phi) is 8.86. The first-order valence-corrected chi connectivity index (χ1v) is 7.03. The number of nitrogens with two attached hydrogens (primary N) is 1. The third kappa shape index (κ3) is 8.15. The fourth-order valence-electron chi connectivity index (χ4n) is 1.94. The first-order valence-electron chi connectivity index (χ1n) is 7.03. The van der Waals surface area contributed by atoms with Gasteiger partial charge in [0.25, 0.3) is 0 Å². The van der Waals surface area contributed by atoms with E-state index in [0.717, 1.165) is 0 Å². The molecule has 1 amide bonds. The number of carbonyl (C=O) groups is 4. The van der Waals surface area contributed by atoms with Crippen LogP contribution in [-0.2, 0) is 33.4 Å². The van der Waals surface area contributed by atoms with E-state index in [1.807, 2.05) is 0 Å². The summed E-state index contributed by atoms with van der Waals surface area (Å²) in [7, 11) is 1.19. The largest absolute Gasteiger partial charge is 0.467 e. The molecule has 0 heterocycles. The van der Waals surface area contributed by atoms with Gasteiger partial charge in [0.1, 0.15) is 12.6 Å². The number of amides is 1. The third-order valence-corrected chi connectivity index (χ3v) is 3.02. The molecule has 0 aliphatic rings. The first kappa shape index (κ1) is 20.8. The summed E-state index contributed by atoms with van der Waals surface area (Å²) in [5, 5.41) is 2.44. The fourth-order valence-corrected chi connectivity index (χ4v) is 1.94. The van der Waals surface area contributed by atoms with Crippen LogP contribution >= 0.6 is 0 Å². The van der Waals surface area contributed by atoms with Crippen LogP contribution in [0.4, 0.5) is 0 Å². The van der Waals surface area contributed by atoms with Crippen LogP contribution in [0.25, 0.3) is 0 Å². The summed E-state index contributed by atoms with van der Waals surface area (Å²) in [6.07, 6.45) is 0.189. The SMILES string of the molecule is COC(=O)C(CCC(CN)(COC(C)=O)OC(C)=O)NC(C)=O. The van der Waals surface area contributed by atoms with Gasteiger partial charge in [0.2, 0.25) is 5.91 Å². The van der Waals surface area contributed by atoms with Crippen LogP contribution < -0.4 is 11.1 Å². The molecule has 23 heavy (non-hydrogen) atoms. The zero-order valence-corrected chi connectivity index (χ0v) is 13.8. The summed E-state index contributed by atoms with van der Waals surface area (Å²) in [5.74, 6) is -2.20. The van der Waals surface area contributed by atoms with Crippen LogP contribution in [0.1, 0.15) is 33.6 Å². The molecule has 0 saturated carbocycles. The van der Waals surface area contributed by atoms with Crippen molar-refractivity contribution in [3.63, 3.8) is 0 Å². The van der Waals surface area contributed by atoms with Crippen molar-refractivity contribution in [2.24, 2.45) is 5.73 Å². The van der Waals surface area contributed by atoms with Crippen molar-refractivity contribution in [3.05, 3.63) is 0 Å². The maximum absolute atomic E-state index is 11.7. The molecule has 0 bridgehead atoms. The number of carbonyl (C=O) groups excluding carboxylic acids is 4. The number of hydrogen-bond acceptors (Lipinski definition) is 8. The van der Waals surface area contributed by atoms with Crippen molar-refractivity contribution in [2.75, 3.05) is 20.3 Å². The highest BCUT2D eigenvalue weighted by atomic mass is 16.6. The van der Waals surface area contributed by atoms with Crippen molar-refractivity contribution in [1.29, 1.82) is 0 Å². The molecule has 9 heteroatoms. The summed E-state index contributed by atoms with van der Waals surface area (Å²) < 4.78 is 14.7. The van der Waals surface area contributed by atoms with E-state index in [4.69, 9.17) is 15.2 Å². The van der Waals surface area contributed by atoms with E-state index in [2.05, 4.69) is 10.1 Å². The molecule has 0 saturated heterocycles. The first-order chi connectivity index (χ1) is 10.7. The molecule has 0 aliphatic heterocycles. The van der Waals surface area contributed by atoms with E-state index in [9.17, 15) is 19.2 Å². The highest BCUT2D eigenvalue weighted by Crippen LogP contribution is 2.20. The monoisotopic (exact) mass is 332 g/mol. The van der Waals surface area contributed by atoms with Gasteiger partial charge in [-0.05, 0) is 12.8 Å². The van der Waals surface area contributed by atoms with E-state index in [1.165, 1.54) is 27.9 Å². The van der Waals surface area contributed by atoms with E-state index >= 15 is 0 Å². The summed E-state index contributed by atoms with van der Waals surface area (Å²) in [6.45, 7) is 3.31. The second-order valence-corrected chi connectivity index (χ2v) is 5.08. The van der Waals surface area contributed by atoms with Crippen molar-refractivity contribution in [3.8, 4) is 0 Å². The van der Waals surface area contributed by atoms with Crippen LogP contribution in [0.15, 0.2) is 0 Å². The van der Waals surface area contributed by atoms with E-state index in [0.29, 0.717) is 0 Å². The van der Waals surface area contributed by atoms with E-state index in [-0.39, 0.29) is 26.0 Å². The lowest BCUT2D eigenvalue weighted by atomic mass is 9.95. The fraction of sp³-hybridized carbons (Fsp3) is 0.714. The molecule has 2 unspecified atom stereocenters. The van der Waals surface area contributed by atoms with Gasteiger partial charge in [0, 0.05) is 27.3 Å². The predicted molar refractivity (Wildman–Crippen MR) is 79.0 cm³/mol. The van der Waals surface area contributed by atoms with Gasteiger partial charge in [-0.25, -0.2) is 4.79 Å². The molecule has 0 aromatic heterocycles. The highest BCUT2D eigenvalue weighted by Gasteiger charge is 2.36. The minimum absolute atomic E-state index is 0.0937. The summed E-state index contributed by atoms with van der Waals surface area (Å²) >= 11 is 0. The molecule has 9 nitrogen and oxygen atoms in total. The number of rotatable bonds is 9. The quantitative estimate of drug-likeness (QED) is 0.417. The Morgan fingerprint density at radius 2 is 1.74 bits per heavy atom. The molecule has 0 rings (SSSR count). The summed E-state index contributed by atoms with van der Waals surface area (Å²) in [4.78, 5) is 45.1. The molecule has 0 aromatic rings. The summed E-state index contributed by atoms with van der Waals surface area (Å²) in [6, 6.07) is -0.920. The minimum atomic E-state index is -1.28. The Hall–Kier alpha value is -2.16. The van der Waals surface area contributed by atoms with Crippen molar-refractivity contribution < 1.29 is 33.4 Å². The molecular formula is C14H24N2O7. The number of hydrogen-bond donors (Lipinski definition) is 2. The lowest BCUT2D eigenvalue weighted by molar-refractivity contribution is -0.170. The molecule has 0 radical (unpaired) electrons. The molecule has 0 fully saturated rings. The van der Waals surface area contributed by atoms with Crippen LogP contribution in [0.5, 0.6) is 0 Å². The molecular weight excluding hydrogens is 308 g/mol. The lowest BCUT2D eigenvalue weighted by Gasteiger charge is -2.32. The molecule has 0 spiro atoms. The standard InChI is InChI=1S/C14H24N2O7/c1-9(17)16-12(13(20)21-4)5-6-14(7-15,23-11(3)19)8-22-10(2)18/h12H,5-8,15H2,1-4H3,(H,16,17). The number of esters is 3. The van der Waals surface area contributed by atoms with Crippen LogP contribution in [0, 0.1) is 0 Å². The molecule has 2 atom stereocenters. The van der Waals surface area contributed by atoms with Gasteiger partial charge in [-0.1, -0.05) is 0 Å². The molecule has 0 aliphatic carbocycles. The lowest BCUT2D eigenvalue weighted by Crippen LogP contribution is -2.49. The van der Waals surface area contributed by atoms with Crippen LogP contribution in [-0.4, -0.2) is 55.7 Å². The zero-order chi connectivity index (χ0) is 18.0. The highest BCUT2D eigenvalue weighted by molar-refractivity contribution is 5.83. The topological polar surface area (TPSA) is 134 Å². The van der Waals surface area contributed by atoms with Gasteiger partial charge in [-0.15, -0.1) is 0 Å². The van der Waals surface area contributed by atoms with Crippen molar-refractivity contribution in [1.82, 2.24) is 5.32 Å². The molecule has 3 N–H and O–H groups in total. The summed E-state index contributed by atoms with van der Waals surface area (Å²) in [5.41, 5.74) is 4.39. The van der Waals surface area contributed by atoms with Gasteiger partial charge >= 0.3 is 17.9 Å². The second kappa shape index (κ2) is 9.78. The Labute approximate surface area is 134 Å². The second-order valence-electron chi connectivity index (χ2n) is 5.08. The predicted octanol–water partition coefficient (Wildman–Crippen LogP) is -0.732. The Balaban J connectivity index is 5.08. The van der Waals surface area contributed by atoms with Crippen molar-refractivity contribution in [2.45, 2.75) is 45.3 Å². The maximum atomic E-state index is 11.7. The molecule has 0 aromatic carbocycles. The van der Waals surface area contributed by atoms with Crippen LogP contribution in [0.3, 0.4) is 0 Å². The number of ether oxygens (including phenoxy) is 3. The third-order valence-electron chi connectivity index (χ3n) is 3.02. The Bertz CT molecular complexity index is 452. The van der Waals surface area contributed by atoms with Gasteiger partial charge in [0.15, 0.2) is 5.60 Å². The van der Waals surface area contributed by atoms with E-state index < -0.39 is 35.5 Å².